The Bertz CT molecular complexity index is 672. The van der Waals surface area contributed by atoms with Gasteiger partial charge in [0.25, 0.3) is 5.91 Å². The third-order valence-corrected chi connectivity index (χ3v) is 3.45. The fraction of sp³-hybridized carbons (Fsp3) is 0.333. The van der Waals surface area contributed by atoms with Crippen molar-refractivity contribution in [2.45, 2.75) is 26.3 Å². The van der Waals surface area contributed by atoms with E-state index in [1.54, 1.807) is 25.1 Å². The summed E-state index contributed by atoms with van der Waals surface area (Å²) in [6.45, 7) is 3.66. The number of carboxylic acid groups (broad SMARTS) is 1. The van der Waals surface area contributed by atoms with Crippen LogP contribution in [0.4, 0.5) is 0 Å². The highest BCUT2D eigenvalue weighted by Crippen LogP contribution is 2.11. The minimum absolute atomic E-state index is 0.114. The van der Waals surface area contributed by atoms with Crippen LogP contribution in [0.1, 0.15) is 30.8 Å². The minimum Gasteiger partial charge on any atom is -0.480 e. The summed E-state index contributed by atoms with van der Waals surface area (Å²) in [6, 6.07) is 6.25. The van der Waals surface area contributed by atoms with Crippen LogP contribution >= 0.6 is 0 Å². The summed E-state index contributed by atoms with van der Waals surface area (Å²) in [5.74, 6) is -1.74. The van der Waals surface area contributed by atoms with Crippen LogP contribution < -0.4 is 5.32 Å². The first-order valence-electron chi connectivity index (χ1n) is 6.78. The fourth-order valence-corrected chi connectivity index (χ4v) is 1.96. The van der Waals surface area contributed by atoms with Gasteiger partial charge in [-0.2, -0.15) is 0 Å². The van der Waals surface area contributed by atoms with Gasteiger partial charge in [0.1, 0.15) is 11.7 Å². The van der Waals surface area contributed by atoms with Crippen LogP contribution in [0.2, 0.25) is 0 Å². The third kappa shape index (κ3) is 3.34. The van der Waals surface area contributed by atoms with Crippen molar-refractivity contribution in [2.75, 3.05) is 0 Å². The lowest BCUT2D eigenvalue weighted by molar-refractivity contribution is -0.140. The summed E-state index contributed by atoms with van der Waals surface area (Å²) in [5, 5.41) is 11.7. The Balaban J connectivity index is 2.23. The molecule has 0 aliphatic heterocycles. The molecule has 2 atom stereocenters. The molecule has 0 saturated heterocycles. The van der Waals surface area contributed by atoms with Gasteiger partial charge in [-0.15, -0.1) is 0 Å². The molecule has 0 fully saturated rings. The Morgan fingerprint density at radius 2 is 1.95 bits per heavy atom. The van der Waals surface area contributed by atoms with Crippen molar-refractivity contribution in [3.8, 4) is 0 Å². The standard InChI is InChI=1S/C15H17N3O3/c1-3-9(2)13(15(20)21)18-14(19)12-8-16-10-6-4-5-7-11(10)17-12/h4-9,13H,3H2,1-2H3,(H,18,19)(H,20,21)/t9-,13-/m1/s1. The lowest BCUT2D eigenvalue weighted by Crippen LogP contribution is -2.45. The van der Waals surface area contributed by atoms with E-state index in [1.807, 2.05) is 13.0 Å². The molecule has 0 radical (unpaired) electrons. The topological polar surface area (TPSA) is 92.2 Å². The van der Waals surface area contributed by atoms with Gasteiger partial charge in [0.2, 0.25) is 0 Å². The maximum atomic E-state index is 12.1. The molecule has 2 aromatic rings. The zero-order valence-corrected chi connectivity index (χ0v) is 11.9. The van der Waals surface area contributed by atoms with Crippen molar-refractivity contribution >= 4 is 22.9 Å². The van der Waals surface area contributed by atoms with Crippen LogP contribution in [0, 0.1) is 5.92 Å². The first-order valence-corrected chi connectivity index (χ1v) is 6.78. The zero-order chi connectivity index (χ0) is 15.4. The summed E-state index contributed by atoms with van der Waals surface area (Å²) < 4.78 is 0. The molecule has 0 aliphatic rings. The van der Waals surface area contributed by atoms with E-state index in [1.165, 1.54) is 6.20 Å². The molecule has 1 aromatic heterocycles. The van der Waals surface area contributed by atoms with Crippen molar-refractivity contribution in [3.63, 3.8) is 0 Å². The molecule has 0 aliphatic carbocycles. The molecule has 2 N–H and O–H groups in total. The van der Waals surface area contributed by atoms with E-state index < -0.39 is 17.9 Å². The molecule has 6 nitrogen and oxygen atoms in total. The maximum Gasteiger partial charge on any atom is 0.326 e. The van der Waals surface area contributed by atoms with Gasteiger partial charge in [-0.3, -0.25) is 9.78 Å². The predicted molar refractivity (Wildman–Crippen MR) is 77.9 cm³/mol. The number of carbonyl (C=O) groups excluding carboxylic acids is 1. The summed E-state index contributed by atoms with van der Waals surface area (Å²) in [7, 11) is 0. The number of hydrogen-bond donors (Lipinski definition) is 2. The summed E-state index contributed by atoms with van der Waals surface area (Å²) >= 11 is 0. The van der Waals surface area contributed by atoms with E-state index in [-0.39, 0.29) is 11.6 Å². The van der Waals surface area contributed by atoms with E-state index in [4.69, 9.17) is 0 Å². The summed E-state index contributed by atoms with van der Waals surface area (Å²) in [6.07, 6.45) is 2.01. The lowest BCUT2D eigenvalue weighted by atomic mass is 9.99. The molecule has 0 bridgehead atoms. The van der Waals surface area contributed by atoms with Gasteiger partial charge in [-0.1, -0.05) is 32.4 Å². The van der Waals surface area contributed by atoms with E-state index in [9.17, 15) is 14.7 Å². The van der Waals surface area contributed by atoms with Gasteiger partial charge >= 0.3 is 5.97 Å². The Morgan fingerprint density at radius 3 is 2.57 bits per heavy atom. The SMILES string of the molecule is CC[C@@H](C)[C@@H](NC(=O)c1cnc2ccccc2n1)C(=O)O. The first-order chi connectivity index (χ1) is 10.0. The number of nitrogens with zero attached hydrogens (tertiary/aromatic N) is 2. The molecule has 1 amide bonds. The quantitative estimate of drug-likeness (QED) is 0.875. The molecule has 21 heavy (non-hydrogen) atoms. The first kappa shape index (κ1) is 14.9. The second-order valence-corrected chi connectivity index (χ2v) is 4.92. The molecule has 2 rings (SSSR count). The molecular formula is C15H17N3O3. The molecular weight excluding hydrogens is 270 g/mol. The number of benzene rings is 1. The Hall–Kier alpha value is -2.50. The number of carbonyl (C=O) groups is 2. The molecule has 6 heteroatoms. The van der Waals surface area contributed by atoms with Gasteiger partial charge < -0.3 is 10.4 Å². The van der Waals surface area contributed by atoms with Crippen molar-refractivity contribution in [2.24, 2.45) is 5.92 Å². The number of nitrogens with one attached hydrogen (secondary N) is 1. The van der Waals surface area contributed by atoms with Gasteiger partial charge in [-0.25, -0.2) is 9.78 Å². The molecule has 0 spiro atoms. The second-order valence-electron chi connectivity index (χ2n) is 4.92. The summed E-state index contributed by atoms with van der Waals surface area (Å²) in [4.78, 5) is 31.7. The van der Waals surface area contributed by atoms with Gasteiger partial charge in [0.15, 0.2) is 0 Å². The highest BCUT2D eigenvalue weighted by atomic mass is 16.4. The molecule has 1 aromatic carbocycles. The third-order valence-electron chi connectivity index (χ3n) is 3.45. The van der Waals surface area contributed by atoms with Crippen molar-refractivity contribution in [1.82, 2.24) is 15.3 Å². The van der Waals surface area contributed by atoms with Crippen LogP contribution in [0.3, 0.4) is 0 Å². The van der Waals surface area contributed by atoms with Crippen LogP contribution in [0.25, 0.3) is 11.0 Å². The van der Waals surface area contributed by atoms with Crippen molar-refractivity contribution in [3.05, 3.63) is 36.2 Å². The molecule has 110 valence electrons. The smallest absolute Gasteiger partial charge is 0.326 e. The average Bonchev–Trinajstić information content (AvgIpc) is 2.50. The molecule has 0 unspecified atom stereocenters. The number of amides is 1. The van der Waals surface area contributed by atoms with Gasteiger partial charge in [-0.05, 0) is 18.1 Å². The Morgan fingerprint density at radius 1 is 1.29 bits per heavy atom. The summed E-state index contributed by atoms with van der Waals surface area (Å²) in [5.41, 5.74) is 1.40. The largest absolute Gasteiger partial charge is 0.480 e. The number of fused-ring (bicyclic) bond motifs is 1. The maximum absolute atomic E-state index is 12.1. The normalized spacial score (nSPS) is 13.6. The Kier molecular flexibility index (Phi) is 4.47. The fourth-order valence-electron chi connectivity index (χ4n) is 1.96. The number of carboxylic acids is 1. The van der Waals surface area contributed by atoms with Crippen LogP contribution in [-0.4, -0.2) is 33.0 Å². The van der Waals surface area contributed by atoms with Crippen LogP contribution in [-0.2, 0) is 4.79 Å². The van der Waals surface area contributed by atoms with Gasteiger partial charge in [0.05, 0.1) is 17.2 Å². The number of aromatic nitrogens is 2. The highest BCUT2D eigenvalue weighted by molar-refractivity contribution is 5.96. The number of para-hydroxylation sites is 2. The molecule has 1 heterocycles. The average molecular weight is 287 g/mol. The van der Waals surface area contributed by atoms with Crippen molar-refractivity contribution in [1.29, 1.82) is 0 Å². The number of aliphatic carboxylic acids is 1. The van der Waals surface area contributed by atoms with Crippen molar-refractivity contribution < 1.29 is 14.7 Å². The predicted octanol–water partition coefficient (Wildman–Crippen LogP) is 1.86. The number of rotatable bonds is 5. The van der Waals surface area contributed by atoms with Crippen LogP contribution in [0.15, 0.2) is 30.5 Å². The van der Waals surface area contributed by atoms with E-state index >= 15 is 0 Å². The lowest BCUT2D eigenvalue weighted by Gasteiger charge is -2.19. The van der Waals surface area contributed by atoms with Crippen LogP contribution in [0.5, 0.6) is 0 Å². The van der Waals surface area contributed by atoms with E-state index in [0.29, 0.717) is 17.5 Å². The second kappa shape index (κ2) is 6.30. The molecule has 0 saturated carbocycles. The highest BCUT2D eigenvalue weighted by Gasteiger charge is 2.26. The number of hydrogen-bond acceptors (Lipinski definition) is 4. The van der Waals surface area contributed by atoms with Gasteiger partial charge in [0, 0.05) is 0 Å². The van der Waals surface area contributed by atoms with E-state index in [2.05, 4.69) is 15.3 Å². The Labute approximate surface area is 122 Å². The zero-order valence-electron chi connectivity index (χ0n) is 11.9. The monoisotopic (exact) mass is 287 g/mol. The van der Waals surface area contributed by atoms with E-state index in [0.717, 1.165) is 0 Å². The minimum atomic E-state index is -1.05.